The van der Waals surface area contributed by atoms with Crippen molar-refractivity contribution >= 4 is 40.9 Å². The molecule has 2 aromatic carbocycles. The van der Waals surface area contributed by atoms with Crippen LogP contribution in [0.5, 0.6) is 5.75 Å². The highest BCUT2D eigenvalue weighted by Gasteiger charge is 2.37. The summed E-state index contributed by atoms with van der Waals surface area (Å²) in [6.45, 7) is 15.2. The molecule has 7 heteroatoms. The zero-order valence-electron chi connectivity index (χ0n) is 22.2. The van der Waals surface area contributed by atoms with Crippen molar-refractivity contribution in [3.05, 3.63) is 64.7 Å². The van der Waals surface area contributed by atoms with Crippen LogP contribution in [-0.4, -0.2) is 59.5 Å². The molecule has 2 aromatic rings. The number of hydrogen-bond acceptors (Lipinski definition) is 5. The highest BCUT2D eigenvalue weighted by molar-refractivity contribution is 7.80. The van der Waals surface area contributed by atoms with E-state index < -0.39 is 0 Å². The average molecular weight is 508 g/mol. The second-order valence-electron chi connectivity index (χ2n) is 9.10. The minimum Gasteiger partial charge on any atom is -0.491 e. The van der Waals surface area contributed by atoms with Crippen LogP contribution in [-0.2, 0) is 9.59 Å². The number of anilines is 1. The van der Waals surface area contributed by atoms with Crippen LogP contribution in [0.1, 0.15) is 57.2 Å². The molecule has 3 rings (SSSR count). The first-order chi connectivity index (χ1) is 17.2. The number of hydrogen-bond donors (Lipinski definition) is 0. The van der Waals surface area contributed by atoms with Crippen LogP contribution >= 0.6 is 12.2 Å². The van der Waals surface area contributed by atoms with Crippen molar-refractivity contribution in [2.75, 3.05) is 37.7 Å². The molecule has 6 nitrogen and oxygen atoms in total. The van der Waals surface area contributed by atoms with Crippen molar-refractivity contribution in [3.8, 4) is 5.75 Å². The predicted molar refractivity (Wildman–Crippen MR) is 150 cm³/mol. The Morgan fingerprint density at radius 3 is 2.19 bits per heavy atom. The Hall–Kier alpha value is -3.19. The van der Waals surface area contributed by atoms with E-state index in [1.54, 1.807) is 6.08 Å². The molecule has 1 aliphatic heterocycles. The van der Waals surface area contributed by atoms with Gasteiger partial charge in [-0.15, -0.1) is 0 Å². The fourth-order valence-corrected chi connectivity index (χ4v) is 4.81. The molecule has 0 spiro atoms. The molecule has 0 aromatic heterocycles. The van der Waals surface area contributed by atoms with Crippen LogP contribution in [0.15, 0.2) is 48.0 Å². The Bertz CT molecular complexity index is 1130. The van der Waals surface area contributed by atoms with Gasteiger partial charge in [0, 0.05) is 25.3 Å². The Balaban J connectivity index is 1.77. The second-order valence-corrected chi connectivity index (χ2v) is 9.47. The zero-order valence-corrected chi connectivity index (χ0v) is 23.0. The summed E-state index contributed by atoms with van der Waals surface area (Å²) in [5, 5.41) is 0.274. The molecule has 1 fully saturated rings. The lowest BCUT2D eigenvalue weighted by molar-refractivity contribution is -0.133. The summed E-state index contributed by atoms with van der Waals surface area (Å²) in [5.74, 6) is 0.662. The number of carbonyl (C=O) groups excluding carboxylic acids is 2. The summed E-state index contributed by atoms with van der Waals surface area (Å²) in [7, 11) is 0. The number of likely N-dealkylation sites (N-methyl/N-ethyl adjacent to an activating group) is 3. The maximum atomic E-state index is 13.0. The van der Waals surface area contributed by atoms with Crippen LogP contribution in [0, 0.1) is 6.92 Å². The summed E-state index contributed by atoms with van der Waals surface area (Å²) < 4.78 is 6.13. The summed E-state index contributed by atoms with van der Waals surface area (Å²) in [6.07, 6.45) is 1.69. The van der Waals surface area contributed by atoms with E-state index in [2.05, 4.69) is 37.8 Å². The number of rotatable bonds is 10. The number of carbonyl (C=O) groups is 2. The van der Waals surface area contributed by atoms with Crippen molar-refractivity contribution in [2.24, 2.45) is 0 Å². The molecule has 1 heterocycles. The van der Waals surface area contributed by atoms with Crippen molar-refractivity contribution in [3.63, 3.8) is 0 Å². The SMILES string of the molecule is CCN1C(=O)C(=Cc2ccc(N(CC)CCOc3ccccc3C(C)C)cc2C)C(=O)N(CC)C1=S. The van der Waals surface area contributed by atoms with Crippen LogP contribution in [0.3, 0.4) is 0 Å². The van der Waals surface area contributed by atoms with Crippen LogP contribution in [0.2, 0.25) is 0 Å². The molecule has 36 heavy (non-hydrogen) atoms. The highest BCUT2D eigenvalue weighted by atomic mass is 32.1. The zero-order chi connectivity index (χ0) is 26.4. The van der Waals surface area contributed by atoms with Crippen molar-refractivity contribution in [1.82, 2.24) is 9.80 Å². The molecule has 0 aliphatic carbocycles. The summed E-state index contributed by atoms with van der Waals surface area (Å²) in [5.41, 5.74) is 4.26. The van der Waals surface area contributed by atoms with Gasteiger partial charge < -0.3 is 9.64 Å². The van der Waals surface area contributed by atoms with Gasteiger partial charge in [-0.3, -0.25) is 19.4 Å². The molecule has 0 unspecified atom stereocenters. The topological polar surface area (TPSA) is 53.1 Å². The standard InChI is InChI=1S/C29H37N3O3S/c1-7-30(16-17-35-26-13-11-10-12-24(26)20(4)5)23-15-14-22(21(6)18-23)19-25-27(33)31(8-2)29(36)32(9-3)28(25)34/h10-15,18-20H,7-9,16-17H2,1-6H3. The normalized spacial score (nSPS) is 14.1. The van der Waals surface area contributed by atoms with Crippen LogP contribution < -0.4 is 9.64 Å². The molecule has 0 N–H and O–H groups in total. The van der Waals surface area contributed by atoms with Gasteiger partial charge in [-0.05, 0) is 86.8 Å². The second kappa shape index (κ2) is 12.2. The molecule has 0 atom stereocenters. The van der Waals surface area contributed by atoms with E-state index in [9.17, 15) is 9.59 Å². The van der Waals surface area contributed by atoms with Gasteiger partial charge >= 0.3 is 0 Å². The Morgan fingerprint density at radius 1 is 1.00 bits per heavy atom. The lowest BCUT2D eigenvalue weighted by atomic mass is 10.0. The van der Waals surface area contributed by atoms with Gasteiger partial charge in [0.15, 0.2) is 5.11 Å². The van der Waals surface area contributed by atoms with Crippen molar-refractivity contribution in [1.29, 1.82) is 0 Å². The molecular formula is C29H37N3O3S. The van der Waals surface area contributed by atoms with Gasteiger partial charge in [0.2, 0.25) is 0 Å². The van der Waals surface area contributed by atoms with Gasteiger partial charge in [-0.2, -0.15) is 0 Å². The molecule has 1 saturated heterocycles. The predicted octanol–water partition coefficient (Wildman–Crippen LogP) is 5.40. The molecule has 0 radical (unpaired) electrons. The lowest BCUT2D eigenvalue weighted by Gasteiger charge is -2.35. The number of para-hydroxylation sites is 1. The Kier molecular flexibility index (Phi) is 9.26. The first kappa shape index (κ1) is 27.4. The number of aryl methyl sites for hydroxylation is 1. The van der Waals surface area contributed by atoms with Gasteiger partial charge in [-0.25, -0.2) is 0 Å². The van der Waals surface area contributed by atoms with E-state index in [0.29, 0.717) is 25.6 Å². The number of ether oxygens (including phenoxy) is 1. The largest absolute Gasteiger partial charge is 0.491 e. The van der Waals surface area contributed by atoms with E-state index in [-0.39, 0.29) is 22.5 Å². The van der Waals surface area contributed by atoms with E-state index in [1.165, 1.54) is 15.4 Å². The van der Waals surface area contributed by atoms with Gasteiger partial charge in [0.05, 0.1) is 6.54 Å². The van der Waals surface area contributed by atoms with E-state index in [1.807, 2.05) is 51.1 Å². The van der Waals surface area contributed by atoms with Crippen LogP contribution in [0.4, 0.5) is 5.69 Å². The molecule has 0 bridgehead atoms. The molecule has 0 saturated carbocycles. The number of amides is 2. The van der Waals surface area contributed by atoms with Gasteiger partial charge in [-0.1, -0.05) is 38.1 Å². The van der Waals surface area contributed by atoms with Crippen LogP contribution in [0.25, 0.3) is 6.08 Å². The fraction of sp³-hybridized carbons (Fsp3) is 0.414. The first-order valence-corrected chi connectivity index (χ1v) is 13.1. The third kappa shape index (κ3) is 5.78. The van der Waals surface area contributed by atoms with E-state index in [4.69, 9.17) is 17.0 Å². The quantitative estimate of drug-likeness (QED) is 0.245. The monoisotopic (exact) mass is 507 g/mol. The van der Waals surface area contributed by atoms with E-state index in [0.717, 1.165) is 35.7 Å². The number of nitrogens with zero attached hydrogens (tertiary/aromatic N) is 3. The summed E-state index contributed by atoms with van der Waals surface area (Å²) in [6, 6.07) is 14.3. The smallest absolute Gasteiger partial charge is 0.265 e. The fourth-order valence-electron chi connectivity index (χ4n) is 4.38. The molecular weight excluding hydrogens is 470 g/mol. The van der Waals surface area contributed by atoms with Crippen molar-refractivity contribution < 1.29 is 14.3 Å². The van der Waals surface area contributed by atoms with E-state index >= 15 is 0 Å². The summed E-state index contributed by atoms with van der Waals surface area (Å²) >= 11 is 5.36. The molecule has 192 valence electrons. The van der Waals surface area contributed by atoms with Gasteiger partial charge in [0.25, 0.3) is 11.8 Å². The Labute approximate surface area is 220 Å². The average Bonchev–Trinajstić information content (AvgIpc) is 2.86. The third-order valence-electron chi connectivity index (χ3n) is 6.51. The minimum absolute atomic E-state index is 0.146. The maximum Gasteiger partial charge on any atom is 0.265 e. The summed E-state index contributed by atoms with van der Waals surface area (Å²) in [4.78, 5) is 31.2. The van der Waals surface area contributed by atoms with Gasteiger partial charge in [0.1, 0.15) is 17.9 Å². The minimum atomic E-state index is -0.338. The number of benzene rings is 2. The molecule has 2 amide bonds. The van der Waals surface area contributed by atoms with Crippen molar-refractivity contribution in [2.45, 2.75) is 47.5 Å². The number of thiocarbonyl (C=S) groups is 1. The maximum absolute atomic E-state index is 13.0. The highest BCUT2D eigenvalue weighted by Crippen LogP contribution is 2.27. The third-order valence-corrected chi connectivity index (χ3v) is 6.95. The Morgan fingerprint density at radius 2 is 1.64 bits per heavy atom. The first-order valence-electron chi connectivity index (χ1n) is 12.7. The lowest BCUT2D eigenvalue weighted by Crippen LogP contribution is -2.55. The molecule has 1 aliphatic rings.